The van der Waals surface area contributed by atoms with E-state index in [0.717, 1.165) is 22.3 Å². The molecule has 2 atom stereocenters. The number of terminal acetylenes is 1. The molecule has 178 valence electrons. The van der Waals surface area contributed by atoms with Crippen LogP contribution in [-0.2, 0) is 14.3 Å². The first kappa shape index (κ1) is 24.8. The normalized spacial score (nSPS) is 14.2. The molecule has 7 heteroatoms. The van der Waals surface area contributed by atoms with Gasteiger partial charge < -0.3 is 20.5 Å². The molecule has 34 heavy (non-hydrogen) atoms. The fourth-order valence-corrected chi connectivity index (χ4v) is 4.13. The van der Waals surface area contributed by atoms with E-state index in [0.29, 0.717) is 0 Å². The molecule has 0 spiro atoms. The van der Waals surface area contributed by atoms with Crippen LogP contribution < -0.4 is 10.6 Å². The summed E-state index contributed by atoms with van der Waals surface area (Å²) in [4.78, 5) is 36.6. The lowest BCUT2D eigenvalue weighted by molar-refractivity contribution is -0.138. The van der Waals surface area contributed by atoms with Crippen LogP contribution in [0.15, 0.2) is 48.5 Å². The van der Waals surface area contributed by atoms with E-state index in [4.69, 9.17) is 11.2 Å². The Bertz CT molecular complexity index is 1070. The van der Waals surface area contributed by atoms with Gasteiger partial charge in [-0.1, -0.05) is 69.3 Å². The van der Waals surface area contributed by atoms with Gasteiger partial charge in [-0.05, 0) is 27.7 Å². The van der Waals surface area contributed by atoms with E-state index in [-0.39, 0.29) is 25.4 Å². The van der Waals surface area contributed by atoms with Crippen LogP contribution in [0.25, 0.3) is 11.1 Å². The Balaban J connectivity index is 1.66. The number of rotatable bonds is 8. The van der Waals surface area contributed by atoms with Crippen molar-refractivity contribution in [2.24, 2.45) is 5.41 Å². The summed E-state index contributed by atoms with van der Waals surface area (Å²) in [6.45, 7) is 5.59. The first-order chi connectivity index (χ1) is 16.1. The molecule has 0 aliphatic heterocycles. The van der Waals surface area contributed by atoms with Crippen LogP contribution in [0.4, 0.5) is 4.79 Å². The highest BCUT2D eigenvalue weighted by atomic mass is 16.5. The number of carbonyl (C=O) groups is 3. The van der Waals surface area contributed by atoms with Gasteiger partial charge in [0.15, 0.2) is 0 Å². The third-order valence-electron chi connectivity index (χ3n) is 6.01. The minimum atomic E-state index is -1.04. The van der Waals surface area contributed by atoms with Gasteiger partial charge in [0.1, 0.15) is 12.6 Å². The van der Waals surface area contributed by atoms with Gasteiger partial charge in [0, 0.05) is 18.4 Å². The molecule has 0 saturated heterocycles. The first-order valence-corrected chi connectivity index (χ1v) is 11.2. The van der Waals surface area contributed by atoms with Gasteiger partial charge in [-0.3, -0.25) is 9.59 Å². The van der Waals surface area contributed by atoms with Crippen LogP contribution in [-0.4, -0.2) is 41.8 Å². The summed E-state index contributed by atoms with van der Waals surface area (Å²) in [5, 5.41) is 14.4. The fourth-order valence-electron chi connectivity index (χ4n) is 4.13. The number of carboxylic acids is 1. The van der Waals surface area contributed by atoms with Crippen LogP contribution in [0.3, 0.4) is 0 Å². The lowest BCUT2D eigenvalue weighted by Crippen LogP contribution is -2.53. The second-order valence-electron chi connectivity index (χ2n) is 9.46. The number of alkyl carbamates (subject to hydrolysis) is 1. The van der Waals surface area contributed by atoms with Crippen LogP contribution in [0.5, 0.6) is 0 Å². The highest BCUT2D eigenvalue weighted by Gasteiger charge is 2.32. The van der Waals surface area contributed by atoms with E-state index in [2.05, 4.69) is 16.6 Å². The molecule has 0 bridgehead atoms. The molecular weight excluding hydrogens is 432 g/mol. The predicted octanol–water partition coefficient (Wildman–Crippen LogP) is 3.92. The number of benzene rings is 2. The van der Waals surface area contributed by atoms with Crippen LogP contribution in [0.1, 0.15) is 50.7 Å². The van der Waals surface area contributed by atoms with Crippen LogP contribution in [0.2, 0.25) is 0 Å². The van der Waals surface area contributed by atoms with Gasteiger partial charge in [0.05, 0.1) is 6.42 Å². The Labute approximate surface area is 199 Å². The molecule has 0 radical (unpaired) electrons. The minimum absolute atomic E-state index is 0.0556. The molecule has 2 aromatic carbocycles. The summed E-state index contributed by atoms with van der Waals surface area (Å²) < 4.78 is 5.51. The van der Waals surface area contributed by atoms with Crippen molar-refractivity contribution in [3.8, 4) is 23.5 Å². The van der Waals surface area contributed by atoms with Crippen molar-refractivity contribution in [1.82, 2.24) is 10.6 Å². The Hall–Kier alpha value is -3.79. The summed E-state index contributed by atoms with van der Waals surface area (Å²) in [5.74, 6) is 0.693. The molecule has 3 N–H and O–H groups in total. The zero-order chi connectivity index (χ0) is 24.9. The Morgan fingerprint density at radius 3 is 2.09 bits per heavy atom. The Kier molecular flexibility index (Phi) is 7.62. The summed E-state index contributed by atoms with van der Waals surface area (Å²) in [6.07, 6.45) is 4.34. The maximum atomic E-state index is 12.8. The minimum Gasteiger partial charge on any atom is -0.481 e. The van der Waals surface area contributed by atoms with Gasteiger partial charge in [-0.25, -0.2) is 4.79 Å². The molecule has 0 saturated carbocycles. The van der Waals surface area contributed by atoms with Crippen molar-refractivity contribution >= 4 is 18.0 Å². The maximum absolute atomic E-state index is 12.8. The van der Waals surface area contributed by atoms with Crippen molar-refractivity contribution in [1.29, 1.82) is 0 Å². The highest BCUT2D eigenvalue weighted by Crippen LogP contribution is 2.44. The Morgan fingerprint density at radius 1 is 1.03 bits per heavy atom. The predicted molar refractivity (Wildman–Crippen MR) is 129 cm³/mol. The van der Waals surface area contributed by atoms with Crippen molar-refractivity contribution < 1.29 is 24.2 Å². The number of carboxylic acid groups (broad SMARTS) is 1. The summed E-state index contributed by atoms with van der Waals surface area (Å²) in [5.41, 5.74) is 3.89. The number of fused-ring (bicyclic) bond motifs is 3. The largest absolute Gasteiger partial charge is 0.481 e. The second kappa shape index (κ2) is 10.4. The molecule has 1 aliphatic carbocycles. The van der Waals surface area contributed by atoms with Crippen LogP contribution >= 0.6 is 0 Å². The third kappa shape index (κ3) is 5.76. The quantitative estimate of drug-likeness (QED) is 0.516. The number of nitrogens with one attached hydrogen (secondary N) is 2. The third-order valence-corrected chi connectivity index (χ3v) is 6.01. The van der Waals surface area contributed by atoms with Gasteiger partial charge in [0.25, 0.3) is 0 Å². The highest BCUT2D eigenvalue weighted by molar-refractivity contribution is 5.86. The number of aliphatic carboxylic acids is 1. The zero-order valence-corrected chi connectivity index (χ0v) is 19.6. The maximum Gasteiger partial charge on any atom is 0.407 e. The fraction of sp³-hybridized carbons (Fsp3) is 0.370. The van der Waals surface area contributed by atoms with E-state index in [1.54, 1.807) is 0 Å². The number of ether oxygens (including phenoxy) is 1. The molecule has 3 rings (SSSR count). The molecule has 0 aromatic heterocycles. The lowest BCUT2D eigenvalue weighted by atomic mass is 9.84. The van der Waals surface area contributed by atoms with E-state index in [1.807, 2.05) is 69.3 Å². The smallest absolute Gasteiger partial charge is 0.407 e. The molecule has 0 heterocycles. The number of amides is 2. The number of hydrogen-bond donors (Lipinski definition) is 3. The van der Waals surface area contributed by atoms with Gasteiger partial charge >= 0.3 is 12.1 Å². The van der Waals surface area contributed by atoms with Gasteiger partial charge in [-0.2, -0.15) is 0 Å². The van der Waals surface area contributed by atoms with Gasteiger partial charge in [-0.15, -0.1) is 12.3 Å². The molecule has 2 amide bonds. The van der Waals surface area contributed by atoms with E-state index in [9.17, 15) is 19.5 Å². The first-order valence-electron chi connectivity index (χ1n) is 11.2. The van der Waals surface area contributed by atoms with Crippen molar-refractivity contribution in [2.45, 2.75) is 51.6 Å². The van der Waals surface area contributed by atoms with Crippen LogP contribution in [0, 0.1) is 17.8 Å². The van der Waals surface area contributed by atoms with Crippen molar-refractivity contribution in [2.75, 3.05) is 6.61 Å². The van der Waals surface area contributed by atoms with E-state index >= 15 is 0 Å². The van der Waals surface area contributed by atoms with Crippen molar-refractivity contribution in [3.63, 3.8) is 0 Å². The Morgan fingerprint density at radius 2 is 1.59 bits per heavy atom. The van der Waals surface area contributed by atoms with E-state index in [1.165, 1.54) is 0 Å². The zero-order valence-electron chi connectivity index (χ0n) is 19.6. The monoisotopic (exact) mass is 462 g/mol. The average molecular weight is 463 g/mol. The van der Waals surface area contributed by atoms with Gasteiger partial charge in [0.2, 0.25) is 5.91 Å². The van der Waals surface area contributed by atoms with Crippen molar-refractivity contribution in [3.05, 3.63) is 59.7 Å². The summed E-state index contributed by atoms with van der Waals surface area (Å²) >= 11 is 0. The lowest BCUT2D eigenvalue weighted by Gasteiger charge is -2.31. The average Bonchev–Trinajstić information content (AvgIpc) is 3.10. The molecule has 2 unspecified atom stereocenters. The molecule has 2 aromatic rings. The van der Waals surface area contributed by atoms with E-state index < -0.39 is 35.5 Å². The second-order valence-corrected chi connectivity index (χ2v) is 9.46. The summed E-state index contributed by atoms with van der Waals surface area (Å²) in [6, 6.07) is 14.3. The molecule has 7 nitrogen and oxygen atoms in total. The number of hydrogen-bond acceptors (Lipinski definition) is 4. The molecule has 1 aliphatic rings. The molecular formula is C27H30N2O5. The standard InChI is InChI=1S/C27H30N2O5/c1-5-10-22(25(32)29-23(15-24(30)31)27(2,3)4)28-26(33)34-16-21-19-13-8-6-11-17(19)18-12-7-9-14-20(18)21/h1,6-9,11-14,21-23H,10,15-16H2,2-4H3,(H,28,33)(H,29,32)(H,30,31). The molecule has 0 fully saturated rings. The summed E-state index contributed by atoms with van der Waals surface area (Å²) in [7, 11) is 0. The topological polar surface area (TPSA) is 105 Å². The number of carbonyl (C=O) groups excluding carboxylic acids is 2. The SMILES string of the molecule is C#CCC(NC(=O)OCC1c2ccccc2-c2ccccc21)C(=O)NC(CC(=O)O)C(C)(C)C.